The summed E-state index contributed by atoms with van der Waals surface area (Å²) >= 11 is 0. The van der Waals surface area contributed by atoms with Crippen LogP contribution in [0.1, 0.15) is 38.7 Å². The molecule has 1 aliphatic heterocycles. The molecule has 6 heteroatoms. The molecule has 0 atom stereocenters. The van der Waals surface area contributed by atoms with Crippen molar-refractivity contribution in [3.63, 3.8) is 0 Å². The summed E-state index contributed by atoms with van der Waals surface area (Å²) in [6, 6.07) is 5.72. The third kappa shape index (κ3) is 5.64. The van der Waals surface area contributed by atoms with Crippen molar-refractivity contribution >= 4 is 11.8 Å². The summed E-state index contributed by atoms with van der Waals surface area (Å²) in [4.78, 5) is 26.3. The predicted molar refractivity (Wildman–Crippen MR) is 100 cm³/mol. The van der Waals surface area contributed by atoms with Crippen LogP contribution in [0.5, 0.6) is 11.5 Å². The van der Waals surface area contributed by atoms with Gasteiger partial charge in [-0.2, -0.15) is 0 Å². The topological polar surface area (TPSA) is 67.9 Å². The van der Waals surface area contributed by atoms with Crippen molar-refractivity contribution in [2.45, 2.75) is 45.6 Å². The largest absolute Gasteiger partial charge is 0.493 e. The molecule has 0 aromatic heterocycles. The molecule has 1 saturated heterocycles. The molecule has 0 unspecified atom stereocenters. The van der Waals surface area contributed by atoms with Crippen LogP contribution < -0.4 is 14.8 Å². The maximum absolute atomic E-state index is 12.6. The zero-order valence-electron chi connectivity index (χ0n) is 16.2. The van der Waals surface area contributed by atoms with Crippen molar-refractivity contribution in [1.82, 2.24) is 10.2 Å². The van der Waals surface area contributed by atoms with Gasteiger partial charge in [-0.1, -0.05) is 19.9 Å². The molecular weight excluding hydrogens is 332 g/mol. The number of nitrogens with one attached hydrogen (secondary N) is 1. The van der Waals surface area contributed by atoms with Gasteiger partial charge in [-0.15, -0.1) is 0 Å². The SMILES string of the molecule is COc1ccc(CC(=O)N2CCC(NC(=O)CC(C)C)CC2)cc1OC. The van der Waals surface area contributed by atoms with Crippen LogP contribution >= 0.6 is 0 Å². The Bertz CT molecular complexity index is 622. The Balaban J connectivity index is 1.84. The third-order valence-corrected chi connectivity index (χ3v) is 4.61. The number of carbonyl (C=O) groups is 2. The molecule has 0 spiro atoms. The van der Waals surface area contributed by atoms with Crippen LogP contribution in [0.2, 0.25) is 0 Å². The van der Waals surface area contributed by atoms with E-state index in [4.69, 9.17) is 9.47 Å². The van der Waals surface area contributed by atoms with Gasteiger partial charge in [0.25, 0.3) is 0 Å². The third-order valence-electron chi connectivity index (χ3n) is 4.61. The Morgan fingerprint density at radius 1 is 1.15 bits per heavy atom. The highest BCUT2D eigenvalue weighted by atomic mass is 16.5. The Morgan fingerprint density at radius 2 is 1.81 bits per heavy atom. The van der Waals surface area contributed by atoms with Gasteiger partial charge < -0.3 is 19.7 Å². The Morgan fingerprint density at radius 3 is 2.38 bits per heavy atom. The zero-order chi connectivity index (χ0) is 19.1. The predicted octanol–water partition coefficient (Wildman–Crippen LogP) is 2.40. The molecule has 1 fully saturated rings. The molecule has 6 nitrogen and oxygen atoms in total. The molecule has 26 heavy (non-hydrogen) atoms. The van der Waals surface area contributed by atoms with Crippen molar-refractivity contribution < 1.29 is 19.1 Å². The molecule has 0 aliphatic carbocycles. The van der Waals surface area contributed by atoms with Crippen molar-refractivity contribution in [3.8, 4) is 11.5 Å². The summed E-state index contributed by atoms with van der Waals surface area (Å²) < 4.78 is 10.5. The fourth-order valence-corrected chi connectivity index (χ4v) is 3.21. The molecular formula is C20H30N2O4. The lowest BCUT2D eigenvalue weighted by molar-refractivity contribution is -0.131. The average molecular weight is 362 g/mol. The van der Waals surface area contributed by atoms with Crippen LogP contribution in [0.4, 0.5) is 0 Å². The van der Waals surface area contributed by atoms with Gasteiger partial charge in [0.1, 0.15) is 0 Å². The summed E-state index contributed by atoms with van der Waals surface area (Å²) in [5.41, 5.74) is 0.903. The molecule has 0 radical (unpaired) electrons. The van der Waals surface area contributed by atoms with E-state index in [0.717, 1.165) is 18.4 Å². The first kappa shape index (κ1) is 20.1. The number of hydrogen-bond acceptors (Lipinski definition) is 4. The quantitative estimate of drug-likeness (QED) is 0.809. The Hall–Kier alpha value is -2.24. The Labute approximate surface area is 155 Å². The van der Waals surface area contributed by atoms with Gasteiger partial charge in [0, 0.05) is 25.6 Å². The van der Waals surface area contributed by atoms with Gasteiger partial charge in [0.2, 0.25) is 11.8 Å². The maximum Gasteiger partial charge on any atom is 0.226 e. The van der Waals surface area contributed by atoms with Crippen LogP contribution in [-0.2, 0) is 16.0 Å². The Kier molecular flexibility index (Phi) is 7.30. The average Bonchev–Trinajstić information content (AvgIpc) is 2.61. The second kappa shape index (κ2) is 9.46. The molecule has 0 saturated carbocycles. The molecule has 1 heterocycles. The summed E-state index contributed by atoms with van der Waals surface area (Å²) in [5, 5.41) is 3.08. The summed E-state index contributed by atoms with van der Waals surface area (Å²) in [6.07, 6.45) is 2.51. The highest BCUT2D eigenvalue weighted by Gasteiger charge is 2.24. The lowest BCUT2D eigenvalue weighted by atomic mass is 10.0. The van der Waals surface area contributed by atoms with Gasteiger partial charge >= 0.3 is 0 Å². The first-order valence-electron chi connectivity index (χ1n) is 9.21. The minimum Gasteiger partial charge on any atom is -0.493 e. The summed E-state index contributed by atoms with van der Waals surface area (Å²) in [6.45, 7) is 5.43. The number of rotatable bonds is 7. The number of ether oxygens (including phenoxy) is 2. The second-order valence-electron chi connectivity index (χ2n) is 7.19. The van der Waals surface area contributed by atoms with Crippen LogP contribution in [0.25, 0.3) is 0 Å². The summed E-state index contributed by atoms with van der Waals surface area (Å²) in [5.74, 6) is 1.85. The number of piperidine rings is 1. The minimum atomic E-state index is 0.101. The first-order chi connectivity index (χ1) is 12.4. The molecule has 2 amide bonds. The van der Waals surface area contributed by atoms with Crippen LogP contribution in [0.15, 0.2) is 18.2 Å². The van der Waals surface area contributed by atoms with Crippen LogP contribution in [-0.4, -0.2) is 50.1 Å². The molecule has 0 bridgehead atoms. The van der Waals surface area contributed by atoms with E-state index in [1.165, 1.54) is 0 Å². The lowest BCUT2D eigenvalue weighted by Crippen LogP contribution is -2.47. The minimum absolute atomic E-state index is 0.101. The van der Waals surface area contributed by atoms with Gasteiger partial charge in [0.15, 0.2) is 11.5 Å². The molecule has 1 aromatic carbocycles. The van der Waals surface area contributed by atoms with Crippen molar-refractivity contribution in [2.75, 3.05) is 27.3 Å². The smallest absolute Gasteiger partial charge is 0.226 e. The molecule has 144 valence electrons. The summed E-state index contributed by atoms with van der Waals surface area (Å²) in [7, 11) is 3.18. The monoisotopic (exact) mass is 362 g/mol. The van der Waals surface area contributed by atoms with Crippen LogP contribution in [0.3, 0.4) is 0 Å². The molecule has 2 rings (SSSR count). The van der Waals surface area contributed by atoms with E-state index in [9.17, 15) is 9.59 Å². The molecule has 1 aliphatic rings. The maximum atomic E-state index is 12.6. The fraction of sp³-hybridized carbons (Fsp3) is 0.600. The zero-order valence-corrected chi connectivity index (χ0v) is 16.2. The number of benzene rings is 1. The van der Waals surface area contributed by atoms with E-state index in [1.807, 2.05) is 36.9 Å². The van der Waals surface area contributed by atoms with E-state index in [-0.39, 0.29) is 17.9 Å². The molecule has 1 N–H and O–H groups in total. The van der Waals surface area contributed by atoms with E-state index >= 15 is 0 Å². The number of methoxy groups -OCH3 is 2. The van der Waals surface area contributed by atoms with E-state index in [2.05, 4.69) is 5.32 Å². The van der Waals surface area contributed by atoms with Gasteiger partial charge in [0.05, 0.1) is 20.6 Å². The van der Waals surface area contributed by atoms with E-state index in [1.54, 1.807) is 14.2 Å². The van der Waals surface area contributed by atoms with Crippen LogP contribution in [0, 0.1) is 5.92 Å². The number of hydrogen-bond donors (Lipinski definition) is 1. The number of nitrogens with zero attached hydrogens (tertiary/aromatic N) is 1. The van der Waals surface area contributed by atoms with Gasteiger partial charge in [-0.05, 0) is 36.5 Å². The fourth-order valence-electron chi connectivity index (χ4n) is 3.21. The first-order valence-corrected chi connectivity index (χ1v) is 9.21. The van der Waals surface area contributed by atoms with Crippen molar-refractivity contribution in [3.05, 3.63) is 23.8 Å². The molecule has 1 aromatic rings. The number of likely N-dealkylation sites (tertiary alicyclic amines) is 1. The van der Waals surface area contributed by atoms with Crippen molar-refractivity contribution in [2.24, 2.45) is 5.92 Å². The normalized spacial score (nSPS) is 15.0. The van der Waals surface area contributed by atoms with E-state index in [0.29, 0.717) is 43.3 Å². The number of carbonyl (C=O) groups excluding carboxylic acids is 2. The highest BCUT2D eigenvalue weighted by Crippen LogP contribution is 2.28. The van der Waals surface area contributed by atoms with Gasteiger partial charge in [-0.3, -0.25) is 9.59 Å². The van der Waals surface area contributed by atoms with E-state index < -0.39 is 0 Å². The van der Waals surface area contributed by atoms with Crippen molar-refractivity contribution in [1.29, 1.82) is 0 Å². The lowest BCUT2D eigenvalue weighted by Gasteiger charge is -2.32. The number of amides is 2. The van der Waals surface area contributed by atoms with Gasteiger partial charge in [-0.25, -0.2) is 0 Å². The second-order valence-corrected chi connectivity index (χ2v) is 7.19. The highest BCUT2D eigenvalue weighted by molar-refractivity contribution is 5.79. The standard InChI is InChI=1S/C20H30N2O4/c1-14(2)11-19(23)21-16-7-9-22(10-8-16)20(24)13-15-5-6-17(25-3)18(12-15)26-4/h5-6,12,14,16H,7-11,13H2,1-4H3,(H,21,23).